The Hall–Kier alpha value is -2.07. The fourth-order valence-corrected chi connectivity index (χ4v) is 4.01. The molecule has 24 heavy (non-hydrogen) atoms. The first-order chi connectivity index (χ1) is 11.8. The molecule has 1 aromatic heterocycles. The van der Waals surface area contributed by atoms with Gasteiger partial charge in [-0.3, -0.25) is 9.69 Å². The number of hydrogen-bond donors (Lipinski definition) is 0. The third-order valence-corrected chi connectivity index (χ3v) is 5.32. The molecule has 2 aliphatic rings. The van der Waals surface area contributed by atoms with E-state index in [0.717, 1.165) is 38.2 Å². The molecule has 0 radical (unpaired) electrons. The van der Waals surface area contributed by atoms with E-state index in [9.17, 15) is 4.79 Å². The van der Waals surface area contributed by atoms with Crippen LogP contribution in [0.4, 0.5) is 0 Å². The first-order valence-electron chi connectivity index (χ1n) is 9.02. The topological polar surface area (TPSA) is 28.5 Å². The summed E-state index contributed by atoms with van der Waals surface area (Å²) in [6.45, 7) is 4.98. The second-order valence-electron chi connectivity index (χ2n) is 6.99. The fraction of sp³-hybridized carbons (Fsp3) is 0.450. The lowest BCUT2D eigenvalue weighted by molar-refractivity contribution is 0.0743. The highest BCUT2D eigenvalue weighted by Crippen LogP contribution is 2.22. The molecule has 2 fully saturated rings. The Morgan fingerprint density at radius 2 is 1.75 bits per heavy atom. The molecule has 0 saturated carbocycles. The minimum Gasteiger partial charge on any atom is -0.350 e. The first-order valence-corrected chi connectivity index (χ1v) is 9.02. The van der Waals surface area contributed by atoms with Crippen LogP contribution in [0.5, 0.6) is 0 Å². The summed E-state index contributed by atoms with van der Waals surface area (Å²) in [5.74, 6) is 0.191. The van der Waals surface area contributed by atoms with Gasteiger partial charge >= 0.3 is 0 Å². The van der Waals surface area contributed by atoms with Crippen LogP contribution in [0.2, 0.25) is 0 Å². The summed E-state index contributed by atoms with van der Waals surface area (Å²) in [5.41, 5.74) is 2.04. The molecule has 2 aliphatic heterocycles. The second-order valence-corrected chi connectivity index (χ2v) is 6.99. The van der Waals surface area contributed by atoms with Gasteiger partial charge < -0.3 is 9.47 Å². The highest BCUT2D eigenvalue weighted by atomic mass is 16.2. The molecule has 0 aliphatic carbocycles. The lowest BCUT2D eigenvalue weighted by atomic mass is 10.1. The van der Waals surface area contributed by atoms with Crippen LogP contribution in [-0.2, 0) is 6.54 Å². The predicted octanol–water partition coefficient (Wildman–Crippen LogP) is 2.85. The molecule has 0 unspecified atom stereocenters. The Kier molecular flexibility index (Phi) is 4.39. The van der Waals surface area contributed by atoms with Gasteiger partial charge in [-0.25, -0.2) is 0 Å². The Morgan fingerprint density at radius 1 is 1.00 bits per heavy atom. The molecule has 4 nitrogen and oxygen atoms in total. The Bertz CT molecular complexity index is 677. The van der Waals surface area contributed by atoms with Crippen molar-refractivity contribution in [1.82, 2.24) is 14.4 Å². The largest absolute Gasteiger partial charge is 0.350 e. The van der Waals surface area contributed by atoms with E-state index in [0.29, 0.717) is 6.04 Å². The van der Waals surface area contributed by atoms with Gasteiger partial charge in [-0.05, 0) is 55.6 Å². The summed E-state index contributed by atoms with van der Waals surface area (Å²) in [5, 5.41) is 0. The van der Waals surface area contributed by atoms with E-state index >= 15 is 0 Å². The van der Waals surface area contributed by atoms with E-state index in [4.69, 9.17) is 0 Å². The van der Waals surface area contributed by atoms with E-state index in [1.807, 2.05) is 24.3 Å². The van der Waals surface area contributed by atoms with Crippen LogP contribution in [0.3, 0.4) is 0 Å². The van der Waals surface area contributed by atoms with E-state index in [1.165, 1.54) is 24.9 Å². The standard InChI is InChI=1S/C20H25N3O/c24-20(23-14-4-13-22-12-3-5-19(22)16-23)18-8-6-17(7-9-18)15-21-10-1-2-11-21/h1-2,6-11,19H,3-5,12-16H2/t19-/m0/s1. The van der Waals surface area contributed by atoms with Crippen LogP contribution < -0.4 is 0 Å². The van der Waals surface area contributed by atoms with Crippen molar-refractivity contribution in [2.45, 2.75) is 31.8 Å². The van der Waals surface area contributed by atoms with Crippen molar-refractivity contribution < 1.29 is 4.79 Å². The number of hydrogen-bond acceptors (Lipinski definition) is 2. The second kappa shape index (κ2) is 6.81. The lowest BCUT2D eigenvalue weighted by Gasteiger charge is -2.25. The molecular weight excluding hydrogens is 298 g/mol. The van der Waals surface area contributed by atoms with Gasteiger partial charge in [0.25, 0.3) is 5.91 Å². The molecule has 2 saturated heterocycles. The van der Waals surface area contributed by atoms with Crippen molar-refractivity contribution >= 4 is 5.91 Å². The number of benzene rings is 1. The molecular formula is C20H25N3O. The maximum Gasteiger partial charge on any atom is 0.253 e. The molecule has 1 atom stereocenters. The zero-order valence-electron chi connectivity index (χ0n) is 14.1. The molecule has 0 bridgehead atoms. The van der Waals surface area contributed by atoms with Gasteiger partial charge in [0.2, 0.25) is 0 Å². The molecule has 4 heteroatoms. The summed E-state index contributed by atoms with van der Waals surface area (Å²) in [6, 6.07) is 12.8. The van der Waals surface area contributed by atoms with Crippen molar-refractivity contribution in [2.75, 3.05) is 26.2 Å². The molecule has 126 valence electrons. The zero-order valence-corrected chi connectivity index (χ0v) is 14.1. The van der Waals surface area contributed by atoms with Crippen molar-refractivity contribution in [3.05, 3.63) is 59.9 Å². The normalized spacial score (nSPS) is 21.5. The van der Waals surface area contributed by atoms with Gasteiger partial charge in [-0.15, -0.1) is 0 Å². The van der Waals surface area contributed by atoms with Crippen LogP contribution in [0.1, 0.15) is 35.2 Å². The first kappa shape index (κ1) is 15.5. The Morgan fingerprint density at radius 3 is 2.54 bits per heavy atom. The van der Waals surface area contributed by atoms with Crippen LogP contribution in [0, 0.1) is 0 Å². The molecule has 0 N–H and O–H groups in total. The highest BCUT2D eigenvalue weighted by Gasteiger charge is 2.30. The van der Waals surface area contributed by atoms with Gasteiger partial charge in [-0.1, -0.05) is 12.1 Å². The third-order valence-electron chi connectivity index (χ3n) is 5.32. The Balaban J connectivity index is 1.43. The minimum absolute atomic E-state index is 0.191. The van der Waals surface area contributed by atoms with Gasteiger partial charge in [0.1, 0.15) is 0 Å². The average molecular weight is 323 g/mol. The van der Waals surface area contributed by atoms with Crippen molar-refractivity contribution in [1.29, 1.82) is 0 Å². The number of aromatic nitrogens is 1. The SMILES string of the molecule is O=C(c1ccc(Cn2cccc2)cc1)N1CCCN2CCC[C@H]2C1. The summed E-state index contributed by atoms with van der Waals surface area (Å²) in [4.78, 5) is 17.5. The third kappa shape index (κ3) is 3.24. The molecule has 3 heterocycles. The van der Waals surface area contributed by atoms with Crippen LogP contribution in [-0.4, -0.2) is 52.5 Å². The van der Waals surface area contributed by atoms with Crippen molar-refractivity contribution in [2.24, 2.45) is 0 Å². The molecule has 0 spiro atoms. The Labute approximate surface area is 143 Å². The molecule has 2 aromatic rings. The van der Waals surface area contributed by atoms with Crippen LogP contribution >= 0.6 is 0 Å². The van der Waals surface area contributed by atoms with Gasteiger partial charge in [0, 0.05) is 50.2 Å². The van der Waals surface area contributed by atoms with Crippen molar-refractivity contribution in [3.8, 4) is 0 Å². The van der Waals surface area contributed by atoms with Gasteiger partial charge in [0.05, 0.1) is 0 Å². The zero-order chi connectivity index (χ0) is 16.4. The lowest BCUT2D eigenvalue weighted by Crippen LogP contribution is -2.39. The molecule has 4 rings (SSSR count). The molecule has 1 aromatic carbocycles. The summed E-state index contributed by atoms with van der Waals surface area (Å²) in [7, 11) is 0. The average Bonchev–Trinajstić information content (AvgIpc) is 3.23. The van der Waals surface area contributed by atoms with E-state index in [2.05, 4.69) is 38.9 Å². The number of carbonyl (C=O) groups is 1. The summed E-state index contributed by atoms with van der Waals surface area (Å²) in [6.07, 6.45) is 7.72. The number of carbonyl (C=O) groups excluding carboxylic acids is 1. The highest BCUT2D eigenvalue weighted by molar-refractivity contribution is 5.94. The predicted molar refractivity (Wildman–Crippen MR) is 95.1 cm³/mol. The van der Waals surface area contributed by atoms with Crippen molar-refractivity contribution in [3.63, 3.8) is 0 Å². The number of rotatable bonds is 3. The summed E-state index contributed by atoms with van der Waals surface area (Å²) < 4.78 is 2.14. The van der Waals surface area contributed by atoms with Gasteiger partial charge in [0.15, 0.2) is 0 Å². The minimum atomic E-state index is 0.191. The van der Waals surface area contributed by atoms with Gasteiger partial charge in [-0.2, -0.15) is 0 Å². The number of amides is 1. The van der Waals surface area contributed by atoms with Crippen LogP contribution in [0.15, 0.2) is 48.8 Å². The van der Waals surface area contributed by atoms with E-state index < -0.39 is 0 Å². The smallest absolute Gasteiger partial charge is 0.253 e. The fourth-order valence-electron chi connectivity index (χ4n) is 4.01. The maximum absolute atomic E-state index is 12.9. The maximum atomic E-state index is 12.9. The van der Waals surface area contributed by atoms with E-state index in [-0.39, 0.29) is 5.91 Å². The quantitative estimate of drug-likeness (QED) is 0.869. The number of nitrogens with zero attached hydrogens (tertiary/aromatic N) is 3. The monoisotopic (exact) mass is 323 g/mol. The van der Waals surface area contributed by atoms with E-state index in [1.54, 1.807) is 0 Å². The summed E-state index contributed by atoms with van der Waals surface area (Å²) >= 11 is 0. The molecule has 1 amide bonds. The van der Waals surface area contributed by atoms with Crippen LogP contribution in [0.25, 0.3) is 0 Å². The number of fused-ring (bicyclic) bond motifs is 1.